The standard InChI is InChI=1S/C18H18FNO2/c1-3-16(21)18(2,19)17(22)20(14-10-6-4-7-11-14)15-12-8-5-9-13-15/h4-13H,3H2,1-2H3/t18-/m0/s1. The van der Waals surface area contributed by atoms with Gasteiger partial charge >= 0.3 is 0 Å². The SMILES string of the molecule is CCC(=O)[C@](C)(F)C(=O)N(c1ccccc1)c1ccccc1. The summed E-state index contributed by atoms with van der Waals surface area (Å²) in [5.41, 5.74) is -1.52. The maximum Gasteiger partial charge on any atom is 0.276 e. The molecule has 0 aliphatic heterocycles. The molecule has 4 heteroatoms. The second-order valence-electron chi connectivity index (χ2n) is 5.09. The van der Waals surface area contributed by atoms with E-state index in [2.05, 4.69) is 0 Å². The summed E-state index contributed by atoms with van der Waals surface area (Å²) in [5.74, 6) is -1.61. The van der Waals surface area contributed by atoms with Gasteiger partial charge in [0.2, 0.25) is 5.67 Å². The van der Waals surface area contributed by atoms with Crippen molar-refractivity contribution in [1.82, 2.24) is 0 Å². The molecule has 0 aliphatic carbocycles. The van der Waals surface area contributed by atoms with E-state index in [4.69, 9.17) is 0 Å². The molecular weight excluding hydrogens is 281 g/mol. The van der Waals surface area contributed by atoms with Crippen LogP contribution in [0.5, 0.6) is 0 Å². The van der Waals surface area contributed by atoms with Crippen molar-refractivity contribution in [1.29, 1.82) is 0 Å². The Bertz CT molecular complexity index is 614. The van der Waals surface area contributed by atoms with E-state index >= 15 is 0 Å². The number of hydrogen-bond acceptors (Lipinski definition) is 2. The molecule has 114 valence electrons. The highest BCUT2D eigenvalue weighted by Gasteiger charge is 2.43. The molecule has 0 spiro atoms. The molecule has 0 heterocycles. The van der Waals surface area contributed by atoms with Crippen molar-refractivity contribution < 1.29 is 14.0 Å². The molecule has 1 atom stereocenters. The Labute approximate surface area is 129 Å². The summed E-state index contributed by atoms with van der Waals surface area (Å²) >= 11 is 0. The second kappa shape index (κ2) is 6.52. The minimum absolute atomic E-state index is 0.0316. The Morgan fingerprint density at radius 3 is 1.73 bits per heavy atom. The molecule has 0 bridgehead atoms. The first-order chi connectivity index (χ1) is 10.5. The Hall–Kier alpha value is -2.49. The number of anilines is 2. The second-order valence-corrected chi connectivity index (χ2v) is 5.09. The van der Waals surface area contributed by atoms with Crippen molar-refractivity contribution in [2.45, 2.75) is 25.9 Å². The first-order valence-electron chi connectivity index (χ1n) is 7.15. The van der Waals surface area contributed by atoms with E-state index in [9.17, 15) is 14.0 Å². The third kappa shape index (κ3) is 3.06. The highest BCUT2D eigenvalue weighted by atomic mass is 19.1. The largest absolute Gasteiger partial charge is 0.296 e. The molecule has 22 heavy (non-hydrogen) atoms. The highest BCUT2D eigenvalue weighted by Crippen LogP contribution is 2.30. The summed E-state index contributed by atoms with van der Waals surface area (Å²) in [6.45, 7) is 2.57. The minimum atomic E-state index is -2.56. The van der Waals surface area contributed by atoms with Crippen LogP contribution in [0.2, 0.25) is 0 Å². The topological polar surface area (TPSA) is 37.4 Å². The summed E-state index contributed by atoms with van der Waals surface area (Å²) in [6, 6.07) is 17.5. The van der Waals surface area contributed by atoms with Gasteiger partial charge in [0.05, 0.1) is 0 Å². The fourth-order valence-corrected chi connectivity index (χ4v) is 2.20. The molecule has 0 saturated carbocycles. The maximum absolute atomic E-state index is 14.8. The highest BCUT2D eigenvalue weighted by molar-refractivity contribution is 6.17. The summed E-state index contributed by atoms with van der Waals surface area (Å²) in [5, 5.41) is 0. The van der Waals surface area contributed by atoms with E-state index in [-0.39, 0.29) is 6.42 Å². The lowest BCUT2D eigenvalue weighted by atomic mass is 9.98. The average Bonchev–Trinajstić information content (AvgIpc) is 2.56. The molecule has 0 saturated heterocycles. The predicted molar refractivity (Wildman–Crippen MR) is 84.8 cm³/mol. The van der Waals surface area contributed by atoms with E-state index in [1.807, 2.05) is 12.1 Å². The van der Waals surface area contributed by atoms with Crippen LogP contribution >= 0.6 is 0 Å². The number of carbonyl (C=O) groups is 2. The zero-order valence-electron chi connectivity index (χ0n) is 12.6. The van der Waals surface area contributed by atoms with Gasteiger partial charge in [0.1, 0.15) is 0 Å². The monoisotopic (exact) mass is 299 g/mol. The molecule has 0 unspecified atom stereocenters. The number of alkyl halides is 1. The number of benzene rings is 2. The maximum atomic E-state index is 14.8. The number of nitrogens with zero attached hydrogens (tertiary/aromatic N) is 1. The Balaban J connectivity index is 2.51. The molecule has 2 rings (SSSR count). The summed E-state index contributed by atoms with van der Waals surface area (Å²) in [6.07, 6.45) is -0.0316. The molecule has 0 aromatic heterocycles. The van der Waals surface area contributed by atoms with Crippen LogP contribution in [0.4, 0.5) is 15.8 Å². The Morgan fingerprint density at radius 2 is 1.36 bits per heavy atom. The van der Waals surface area contributed by atoms with Crippen molar-refractivity contribution in [3.63, 3.8) is 0 Å². The molecule has 1 amide bonds. The summed E-state index contributed by atoms with van der Waals surface area (Å²) < 4.78 is 14.8. The lowest BCUT2D eigenvalue weighted by Gasteiger charge is -2.28. The van der Waals surface area contributed by atoms with Crippen LogP contribution in [0.15, 0.2) is 60.7 Å². The summed E-state index contributed by atoms with van der Waals surface area (Å²) in [4.78, 5) is 25.8. The van der Waals surface area contributed by atoms with Gasteiger partial charge in [-0.3, -0.25) is 14.5 Å². The van der Waals surface area contributed by atoms with Crippen molar-refractivity contribution >= 4 is 23.1 Å². The molecule has 2 aromatic carbocycles. The Morgan fingerprint density at radius 1 is 0.955 bits per heavy atom. The number of halogens is 1. The number of ketones is 1. The third-order valence-electron chi connectivity index (χ3n) is 3.48. The van der Waals surface area contributed by atoms with Gasteiger partial charge < -0.3 is 0 Å². The van der Waals surface area contributed by atoms with E-state index in [0.717, 1.165) is 6.92 Å². The molecule has 0 N–H and O–H groups in total. The molecule has 0 fully saturated rings. The lowest BCUT2D eigenvalue weighted by molar-refractivity contribution is -0.140. The average molecular weight is 299 g/mol. The van der Waals surface area contributed by atoms with E-state index in [0.29, 0.717) is 11.4 Å². The van der Waals surface area contributed by atoms with E-state index in [1.165, 1.54) is 4.90 Å². The van der Waals surface area contributed by atoms with E-state index in [1.54, 1.807) is 55.5 Å². The van der Waals surface area contributed by atoms with E-state index < -0.39 is 17.4 Å². The van der Waals surface area contributed by atoms with Crippen molar-refractivity contribution in [2.75, 3.05) is 4.90 Å². The van der Waals surface area contributed by atoms with Crippen LogP contribution < -0.4 is 4.90 Å². The molecule has 0 aliphatic rings. The molecule has 3 nitrogen and oxygen atoms in total. The number of hydrogen-bond donors (Lipinski definition) is 0. The minimum Gasteiger partial charge on any atom is -0.296 e. The number of amides is 1. The molecule has 0 radical (unpaired) electrons. The van der Waals surface area contributed by atoms with Gasteiger partial charge in [0.25, 0.3) is 5.91 Å². The Kier molecular flexibility index (Phi) is 4.71. The first-order valence-corrected chi connectivity index (χ1v) is 7.15. The quantitative estimate of drug-likeness (QED) is 0.781. The predicted octanol–water partition coefficient (Wildman–Crippen LogP) is 4.06. The zero-order valence-corrected chi connectivity index (χ0v) is 12.6. The number of Topliss-reactive ketones (excluding diaryl/α,β-unsaturated/α-hetero) is 1. The normalized spacial score (nSPS) is 13.2. The van der Waals surface area contributed by atoms with Crippen LogP contribution in [-0.4, -0.2) is 17.4 Å². The van der Waals surface area contributed by atoms with Gasteiger partial charge in [-0.05, 0) is 31.2 Å². The third-order valence-corrected chi connectivity index (χ3v) is 3.48. The van der Waals surface area contributed by atoms with Crippen LogP contribution in [0.1, 0.15) is 20.3 Å². The van der Waals surface area contributed by atoms with Crippen LogP contribution in [0, 0.1) is 0 Å². The van der Waals surface area contributed by atoms with Gasteiger partial charge in [0, 0.05) is 17.8 Å². The smallest absolute Gasteiger partial charge is 0.276 e. The molecule has 2 aromatic rings. The first kappa shape index (κ1) is 15.9. The van der Waals surface area contributed by atoms with Crippen molar-refractivity contribution in [3.8, 4) is 0 Å². The fraction of sp³-hybridized carbons (Fsp3) is 0.222. The van der Waals surface area contributed by atoms with Gasteiger partial charge in [0.15, 0.2) is 5.78 Å². The van der Waals surface area contributed by atoms with Gasteiger partial charge in [-0.1, -0.05) is 43.3 Å². The molecular formula is C18H18FNO2. The number of para-hydroxylation sites is 2. The van der Waals surface area contributed by atoms with Crippen molar-refractivity contribution in [3.05, 3.63) is 60.7 Å². The van der Waals surface area contributed by atoms with Gasteiger partial charge in [-0.15, -0.1) is 0 Å². The fourth-order valence-electron chi connectivity index (χ4n) is 2.20. The van der Waals surface area contributed by atoms with Gasteiger partial charge in [-0.25, -0.2) is 4.39 Å². The lowest BCUT2D eigenvalue weighted by Crippen LogP contribution is -2.47. The number of carbonyl (C=O) groups excluding carboxylic acids is 2. The van der Waals surface area contributed by atoms with Crippen LogP contribution in [0.25, 0.3) is 0 Å². The van der Waals surface area contributed by atoms with Crippen LogP contribution in [0.3, 0.4) is 0 Å². The summed E-state index contributed by atoms with van der Waals surface area (Å²) in [7, 11) is 0. The van der Waals surface area contributed by atoms with Crippen LogP contribution in [-0.2, 0) is 9.59 Å². The zero-order chi connectivity index (χ0) is 16.2. The van der Waals surface area contributed by atoms with Crippen molar-refractivity contribution in [2.24, 2.45) is 0 Å². The van der Waals surface area contributed by atoms with Gasteiger partial charge in [-0.2, -0.15) is 0 Å². The number of rotatable bonds is 5.